The lowest BCUT2D eigenvalue weighted by molar-refractivity contribution is 1.01. The number of fused-ring (bicyclic) bond motifs is 4. The van der Waals surface area contributed by atoms with Crippen LogP contribution in [0.2, 0.25) is 0 Å². The summed E-state index contributed by atoms with van der Waals surface area (Å²) in [5.74, 6) is 0.943. The van der Waals surface area contributed by atoms with Gasteiger partial charge < -0.3 is 10.2 Å². The number of rotatable bonds is 7. The van der Waals surface area contributed by atoms with Crippen molar-refractivity contribution in [2.24, 2.45) is 0 Å². The minimum Gasteiger partial charge on any atom is -0.384 e. The van der Waals surface area contributed by atoms with Crippen LogP contribution in [-0.2, 0) is 0 Å². The monoisotopic (exact) mass is 482 g/mol. The zero-order valence-electron chi connectivity index (χ0n) is 20.0. The van der Waals surface area contributed by atoms with E-state index in [4.69, 9.17) is 0 Å². The third-order valence-electron chi connectivity index (χ3n) is 6.17. The Labute approximate surface area is 211 Å². The first-order valence-corrected chi connectivity index (χ1v) is 13.7. The highest BCUT2D eigenvalue weighted by atomic mass is 32.2. The number of benzene rings is 4. The van der Waals surface area contributed by atoms with Gasteiger partial charge in [-0.05, 0) is 49.8 Å². The molecule has 34 heavy (non-hydrogen) atoms. The molecule has 0 aromatic heterocycles. The van der Waals surface area contributed by atoms with Gasteiger partial charge in [0.2, 0.25) is 0 Å². The Morgan fingerprint density at radius 3 is 2.38 bits per heavy atom. The van der Waals surface area contributed by atoms with Gasteiger partial charge in [0, 0.05) is 39.4 Å². The average molecular weight is 483 g/mol. The van der Waals surface area contributed by atoms with E-state index in [2.05, 4.69) is 116 Å². The fourth-order valence-electron chi connectivity index (χ4n) is 4.54. The van der Waals surface area contributed by atoms with Crippen molar-refractivity contribution in [1.82, 2.24) is 0 Å². The van der Waals surface area contributed by atoms with Crippen LogP contribution in [0.5, 0.6) is 0 Å². The molecule has 0 spiro atoms. The lowest BCUT2D eigenvalue weighted by Gasteiger charge is -2.20. The molecule has 4 aromatic rings. The van der Waals surface area contributed by atoms with E-state index in [0.717, 1.165) is 18.8 Å². The topological polar surface area (TPSA) is 15.3 Å². The summed E-state index contributed by atoms with van der Waals surface area (Å²) in [6.07, 6.45) is 4.69. The van der Waals surface area contributed by atoms with E-state index in [1.807, 2.05) is 23.5 Å². The zero-order chi connectivity index (χ0) is 23.5. The summed E-state index contributed by atoms with van der Waals surface area (Å²) in [4.78, 5) is 5.11. The maximum Gasteiger partial charge on any atom is 0.0804 e. The highest BCUT2D eigenvalue weighted by Gasteiger charge is 2.25. The molecule has 1 aliphatic rings. The standard InChI is InChI=1S/C30H30N2S2/c1-4-31-29-24-12-8-6-10-22(24)14-16-26(29)33-19-18-21(3)20-28-32(5-2)30-25-13-9-7-11-23(25)15-17-27(30)34-28/h6-18,20,31H,4-5,19H2,1-3H3/b21-18+,28-20-. The van der Waals surface area contributed by atoms with E-state index in [1.54, 1.807) is 0 Å². The Morgan fingerprint density at radius 1 is 0.912 bits per heavy atom. The summed E-state index contributed by atoms with van der Waals surface area (Å²) in [6, 6.07) is 26.3. The van der Waals surface area contributed by atoms with Gasteiger partial charge in [-0.3, -0.25) is 0 Å². The number of hydrogen-bond donors (Lipinski definition) is 1. The molecule has 2 nitrogen and oxygen atoms in total. The van der Waals surface area contributed by atoms with Crippen LogP contribution in [0.15, 0.2) is 105 Å². The Balaban J connectivity index is 1.36. The molecule has 172 valence electrons. The number of nitrogens with one attached hydrogen (secondary N) is 1. The van der Waals surface area contributed by atoms with Crippen molar-refractivity contribution < 1.29 is 0 Å². The van der Waals surface area contributed by atoms with Gasteiger partial charge >= 0.3 is 0 Å². The lowest BCUT2D eigenvalue weighted by Crippen LogP contribution is -2.16. The molecule has 0 aliphatic carbocycles. The molecule has 1 heterocycles. The van der Waals surface area contributed by atoms with E-state index in [0.29, 0.717) is 0 Å². The molecule has 0 saturated carbocycles. The molecule has 0 atom stereocenters. The first kappa shape index (κ1) is 22.9. The zero-order valence-corrected chi connectivity index (χ0v) is 21.6. The van der Waals surface area contributed by atoms with E-state index >= 15 is 0 Å². The van der Waals surface area contributed by atoms with Gasteiger partial charge in [0.25, 0.3) is 0 Å². The molecule has 0 saturated heterocycles. The molecule has 0 amide bonds. The molecule has 4 heteroatoms. The maximum absolute atomic E-state index is 3.59. The first-order valence-electron chi connectivity index (χ1n) is 11.9. The van der Waals surface area contributed by atoms with Gasteiger partial charge in [-0.25, -0.2) is 0 Å². The summed E-state index contributed by atoms with van der Waals surface area (Å²) < 4.78 is 0. The van der Waals surface area contributed by atoms with E-state index in [1.165, 1.54) is 53.3 Å². The molecule has 0 fully saturated rings. The molecule has 5 rings (SSSR count). The van der Waals surface area contributed by atoms with E-state index in [9.17, 15) is 0 Å². The summed E-state index contributed by atoms with van der Waals surface area (Å²) in [6.45, 7) is 8.50. The van der Waals surface area contributed by atoms with Gasteiger partial charge in [0.1, 0.15) is 0 Å². The van der Waals surface area contributed by atoms with Gasteiger partial charge in [-0.15, -0.1) is 11.8 Å². The number of thioether (sulfide) groups is 2. The molecule has 4 aromatic carbocycles. The normalized spacial score (nSPS) is 14.9. The molecule has 0 unspecified atom stereocenters. The smallest absolute Gasteiger partial charge is 0.0804 e. The fourth-order valence-corrected chi connectivity index (χ4v) is 6.81. The minimum absolute atomic E-state index is 0.919. The van der Waals surface area contributed by atoms with Crippen LogP contribution in [0, 0.1) is 0 Å². The molecule has 0 bridgehead atoms. The third-order valence-corrected chi connectivity index (χ3v) is 8.25. The Hall–Kier alpha value is -2.82. The van der Waals surface area contributed by atoms with Gasteiger partial charge in [0.15, 0.2) is 0 Å². The van der Waals surface area contributed by atoms with Crippen LogP contribution < -0.4 is 10.2 Å². The summed E-state index contributed by atoms with van der Waals surface area (Å²) >= 11 is 3.78. The Bertz CT molecular complexity index is 1400. The SMILES string of the molecule is CCNc1c(SC/C=C(C)/C=C2\Sc3ccc4ccccc4c3N2CC)ccc2ccccc12. The van der Waals surface area contributed by atoms with E-state index < -0.39 is 0 Å². The lowest BCUT2D eigenvalue weighted by atomic mass is 10.1. The van der Waals surface area contributed by atoms with Crippen molar-refractivity contribution >= 4 is 56.4 Å². The van der Waals surface area contributed by atoms with Crippen LogP contribution in [0.3, 0.4) is 0 Å². The van der Waals surface area contributed by atoms with Crippen LogP contribution in [-0.4, -0.2) is 18.8 Å². The predicted molar refractivity (Wildman–Crippen MR) is 154 cm³/mol. The van der Waals surface area contributed by atoms with Crippen molar-refractivity contribution in [2.75, 3.05) is 29.1 Å². The number of nitrogens with zero attached hydrogens (tertiary/aromatic N) is 1. The van der Waals surface area contributed by atoms with E-state index in [-0.39, 0.29) is 0 Å². The number of hydrogen-bond acceptors (Lipinski definition) is 4. The second kappa shape index (κ2) is 10.2. The molecular weight excluding hydrogens is 452 g/mol. The van der Waals surface area contributed by atoms with Crippen LogP contribution in [0.25, 0.3) is 21.5 Å². The fraction of sp³-hybridized carbons (Fsp3) is 0.200. The maximum atomic E-state index is 3.59. The highest BCUT2D eigenvalue weighted by molar-refractivity contribution is 8.03. The molecule has 0 radical (unpaired) electrons. The summed E-state index contributed by atoms with van der Waals surface area (Å²) in [5, 5.41) is 10.1. The Kier molecular flexibility index (Phi) is 6.89. The number of anilines is 2. The van der Waals surface area contributed by atoms with Gasteiger partial charge in [-0.2, -0.15) is 0 Å². The predicted octanol–water partition coefficient (Wildman–Crippen LogP) is 8.94. The van der Waals surface area contributed by atoms with Crippen LogP contribution in [0.1, 0.15) is 20.8 Å². The molecule has 1 N–H and O–H groups in total. The largest absolute Gasteiger partial charge is 0.384 e. The summed E-state index contributed by atoms with van der Waals surface area (Å²) in [7, 11) is 0. The van der Waals surface area contributed by atoms with Gasteiger partial charge in [0.05, 0.1) is 16.4 Å². The van der Waals surface area contributed by atoms with Crippen molar-refractivity contribution in [1.29, 1.82) is 0 Å². The summed E-state index contributed by atoms with van der Waals surface area (Å²) in [5.41, 5.74) is 3.91. The van der Waals surface area contributed by atoms with Crippen molar-refractivity contribution in [3.8, 4) is 0 Å². The quantitative estimate of drug-likeness (QED) is 0.264. The molecule has 1 aliphatic heterocycles. The van der Waals surface area contributed by atoms with Crippen molar-refractivity contribution in [2.45, 2.75) is 30.6 Å². The first-order chi connectivity index (χ1) is 16.7. The van der Waals surface area contributed by atoms with Crippen molar-refractivity contribution in [3.05, 3.63) is 95.6 Å². The highest BCUT2D eigenvalue weighted by Crippen LogP contribution is 2.49. The second-order valence-electron chi connectivity index (χ2n) is 8.41. The van der Waals surface area contributed by atoms with Crippen LogP contribution >= 0.6 is 23.5 Å². The second-order valence-corrected chi connectivity index (χ2v) is 10.5. The third kappa shape index (κ3) is 4.45. The Morgan fingerprint density at radius 2 is 1.62 bits per heavy atom. The van der Waals surface area contributed by atoms with Gasteiger partial charge in [-0.1, -0.05) is 84.1 Å². The number of allylic oxidation sites excluding steroid dienone is 2. The van der Waals surface area contributed by atoms with Crippen LogP contribution in [0.4, 0.5) is 11.4 Å². The van der Waals surface area contributed by atoms with Crippen molar-refractivity contribution in [3.63, 3.8) is 0 Å². The molecular formula is C30H30N2S2. The minimum atomic E-state index is 0.919. The average Bonchev–Trinajstić information content (AvgIpc) is 3.22.